The van der Waals surface area contributed by atoms with Crippen LogP contribution >= 0.6 is 0 Å². The van der Waals surface area contributed by atoms with Crippen molar-refractivity contribution in [2.45, 2.75) is 33.4 Å². The molecule has 0 aromatic heterocycles. The summed E-state index contributed by atoms with van der Waals surface area (Å²) in [5.74, 6) is 0.443. The molecule has 0 aliphatic heterocycles. The number of methoxy groups -OCH3 is 1. The van der Waals surface area contributed by atoms with Gasteiger partial charge in [0.2, 0.25) is 0 Å². The number of esters is 1. The summed E-state index contributed by atoms with van der Waals surface area (Å²) in [6, 6.07) is 13.1. The van der Waals surface area contributed by atoms with Crippen LogP contribution in [0.1, 0.15) is 23.6 Å². The summed E-state index contributed by atoms with van der Waals surface area (Å²) in [7, 11) is 1.59. The SMILES string of the molecule is COc1ccc(CNC(=O)[C@H](C)OC(=O)COc2c(C)cccc2C)cc1. The number of para-hydroxylation sites is 1. The van der Waals surface area contributed by atoms with Gasteiger partial charge in [-0.15, -0.1) is 0 Å². The maximum atomic E-state index is 12.1. The van der Waals surface area contributed by atoms with E-state index in [2.05, 4.69) is 5.32 Å². The minimum atomic E-state index is -0.905. The summed E-state index contributed by atoms with van der Waals surface area (Å²) >= 11 is 0. The average molecular weight is 371 g/mol. The van der Waals surface area contributed by atoms with Crippen LogP contribution in [0.2, 0.25) is 0 Å². The fraction of sp³-hybridized carbons (Fsp3) is 0.333. The lowest BCUT2D eigenvalue weighted by molar-refractivity contribution is -0.156. The first-order valence-corrected chi connectivity index (χ1v) is 8.70. The van der Waals surface area contributed by atoms with Crippen molar-refractivity contribution in [2.75, 3.05) is 13.7 Å². The van der Waals surface area contributed by atoms with E-state index in [-0.39, 0.29) is 12.5 Å². The van der Waals surface area contributed by atoms with Crippen LogP contribution in [0.4, 0.5) is 0 Å². The summed E-state index contributed by atoms with van der Waals surface area (Å²) in [5.41, 5.74) is 2.79. The third-order valence-corrected chi connectivity index (χ3v) is 4.05. The van der Waals surface area contributed by atoms with Crippen LogP contribution in [0.5, 0.6) is 11.5 Å². The molecule has 0 aliphatic carbocycles. The molecule has 2 aromatic carbocycles. The molecule has 0 aliphatic rings. The van der Waals surface area contributed by atoms with E-state index in [1.807, 2.05) is 56.3 Å². The monoisotopic (exact) mass is 371 g/mol. The molecule has 0 bridgehead atoms. The first-order valence-electron chi connectivity index (χ1n) is 8.70. The normalized spacial score (nSPS) is 11.4. The Labute approximate surface area is 159 Å². The lowest BCUT2D eigenvalue weighted by Crippen LogP contribution is -2.36. The number of hydrogen-bond donors (Lipinski definition) is 1. The van der Waals surface area contributed by atoms with Crippen LogP contribution in [0.3, 0.4) is 0 Å². The summed E-state index contributed by atoms with van der Waals surface area (Å²) in [6.07, 6.45) is -0.905. The van der Waals surface area contributed by atoms with Crippen molar-refractivity contribution in [1.82, 2.24) is 5.32 Å². The van der Waals surface area contributed by atoms with Gasteiger partial charge < -0.3 is 19.5 Å². The highest BCUT2D eigenvalue weighted by Gasteiger charge is 2.18. The predicted molar refractivity (Wildman–Crippen MR) is 102 cm³/mol. The molecule has 0 saturated carbocycles. The van der Waals surface area contributed by atoms with Gasteiger partial charge in [0.1, 0.15) is 11.5 Å². The number of hydrogen-bond acceptors (Lipinski definition) is 5. The first-order chi connectivity index (χ1) is 12.9. The largest absolute Gasteiger partial charge is 0.497 e. The van der Waals surface area contributed by atoms with Crippen molar-refractivity contribution in [3.8, 4) is 11.5 Å². The zero-order chi connectivity index (χ0) is 19.8. The quantitative estimate of drug-likeness (QED) is 0.722. The Morgan fingerprint density at radius 1 is 1.04 bits per heavy atom. The summed E-state index contributed by atoms with van der Waals surface area (Å²) in [5, 5.41) is 2.74. The third-order valence-electron chi connectivity index (χ3n) is 4.05. The van der Waals surface area contributed by atoms with Crippen molar-refractivity contribution in [1.29, 1.82) is 0 Å². The molecule has 27 heavy (non-hydrogen) atoms. The number of aryl methyl sites for hydroxylation is 2. The van der Waals surface area contributed by atoms with Crippen molar-refractivity contribution in [3.63, 3.8) is 0 Å². The molecular formula is C21H25NO5. The van der Waals surface area contributed by atoms with Crippen molar-refractivity contribution < 1.29 is 23.8 Å². The molecule has 144 valence electrons. The highest BCUT2D eigenvalue weighted by molar-refractivity contribution is 5.83. The number of carbonyl (C=O) groups is 2. The van der Waals surface area contributed by atoms with Gasteiger partial charge in [-0.25, -0.2) is 4.79 Å². The average Bonchev–Trinajstić information content (AvgIpc) is 2.66. The molecule has 2 aromatic rings. The highest BCUT2D eigenvalue weighted by atomic mass is 16.6. The van der Waals surface area contributed by atoms with Crippen LogP contribution in [-0.2, 0) is 20.9 Å². The number of ether oxygens (including phenoxy) is 3. The van der Waals surface area contributed by atoms with E-state index in [0.717, 1.165) is 22.4 Å². The summed E-state index contributed by atoms with van der Waals surface area (Å²) in [6.45, 7) is 5.43. The minimum Gasteiger partial charge on any atom is -0.497 e. The molecule has 0 unspecified atom stereocenters. The third kappa shape index (κ3) is 6.02. The second-order valence-electron chi connectivity index (χ2n) is 6.21. The van der Waals surface area contributed by atoms with Crippen molar-refractivity contribution in [3.05, 3.63) is 59.2 Å². The van der Waals surface area contributed by atoms with Gasteiger partial charge in [0, 0.05) is 6.54 Å². The van der Waals surface area contributed by atoms with Gasteiger partial charge in [-0.1, -0.05) is 30.3 Å². The molecule has 0 spiro atoms. The van der Waals surface area contributed by atoms with Gasteiger partial charge >= 0.3 is 5.97 Å². The molecular weight excluding hydrogens is 346 g/mol. The van der Waals surface area contributed by atoms with Gasteiger partial charge in [0.05, 0.1) is 7.11 Å². The zero-order valence-electron chi connectivity index (χ0n) is 16.1. The smallest absolute Gasteiger partial charge is 0.344 e. The first kappa shape index (κ1) is 20.3. The van der Waals surface area contributed by atoms with Gasteiger partial charge in [-0.2, -0.15) is 0 Å². The van der Waals surface area contributed by atoms with E-state index in [1.54, 1.807) is 7.11 Å². The molecule has 0 saturated heterocycles. The van der Waals surface area contributed by atoms with Crippen LogP contribution in [0.25, 0.3) is 0 Å². The molecule has 2 rings (SSSR count). The maximum absolute atomic E-state index is 12.1. The Hall–Kier alpha value is -3.02. The molecule has 0 fully saturated rings. The second kappa shape index (κ2) is 9.62. The van der Waals surface area contributed by atoms with Crippen LogP contribution in [-0.4, -0.2) is 31.7 Å². The molecule has 6 nitrogen and oxygen atoms in total. The fourth-order valence-electron chi connectivity index (χ4n) is 2.52. The molecule has 1 N–H and O–H groups in total. The Bertz CT molecular complexity index is 765. The molecule has 0 heterocycles. The summed E-state index contributed by atoms with van der Waals surface area (Å²) in [4.78, 5) is 24.1. The lowest BCUT2D eigenvalue weighted by atomic mass is 10.1. The number of nitrogens with one attached hydrogen (secondary N) is 1. The highest BCUT2D eigenvalue weighted by Crippen LogP contribution is 2.22. The van der Waals surface area contributed by atoms with Gasteiger partial charge in [0.15, 0.2) is 12.7 Å². The second-order valence-corrected chi connectivity index (χ2v) is 6.21. The van der Waals surface area contributed by atoms with E-state index in [1.165, 1.54) is 6.92 Å². The van der Waals surface area contributed by atoms with Gasteiger partial charge in [-0.05, 0) is 49.6 Å². The van der Waals surface area contributed by atoms with E-state index in [0.29, 0.717) is 12.3 Å². The van der Waals surface area contributed by atoms with Gasteiger partial charge in [0.25, 0.3) is 5.91 Å². The standard InChI is InChI=1S/C21H25NO5/c1-14-6-5-7-15(2)20(14)26-13-19(23)27-16(3)21(24)22-12-17-8-10-18(25-4)11-9-17/h5-11,16H,12-13H2,1-4H3,(H,22,24)/t16-/m0/s1. The van der Waals surface area contributed by atoms with E-state index in [9.17, 15) is 9.59 Å². The Balaban J connectivity index is 1.78. The number of amides is 1. The molecule has 1 atom stereocenters. The van der Waals surface area contributed by atoms with Crippen LogP contribution in [0, 0.1) is 13.8 Å². The topological polar surface area (TPSA) is 73.9 Å². The Morgan fingerprint density at radius 3 is 2.26 bits per heavy atom. The van der Waals surface area contributed by atoms with Crippen LogP contribution in [0.15, 0.2) is 42.5 Å². The minimum absolute atomic E-state index is 0.248. The predicted octanol–water partition coefficient (Wildman–Crippen LogP) is 2.94. The van der Waals surface area contributed by atoms with Gasteiger partial charge in [-0.3, -0.25) is 4.79 Å². The molecule has 0 radical (unpaired) electrons. The fourth-order valence-corrected chi connectivity index (χ4v) is 2.52. The number of benzene rings is 2. The van der Waals surface area contributed by atoms with E-state index in [4.69, 9.17) is 14.2 Å². The molecule has 1 amide bonds. The summed E-state index contributed by atoms with van der Waals surface area (Å²) < 4.78 is 15.8. The number of rotatable bonds is 8. The van der Waals surface area contributed by atoms with Crippen LogP contribution < -0.4 is 14.8 Å². The lowest BCUT2D eigenvalue weighted by Gasteiger charge is -2.15. The van der Waals surface area contributed by atoms with E-state index < -0.39 is 12.1 Å². The number of carbonyl (C=O) groups excluding carboxylic acids is 2. The maximum Gasteiger partial charge on any atom is 0.344 e. The molecule has 6 heteroatoms. The zero-order valence-corrected chi connectivity index (χ0v) is 16.1. The Morgan fingerprint density at radius 2 is 1.67 bits per heavy atom. The van der Waals surface area contributed by atoms with Crippen molar-refractivity contribution >= 4 is 11.9 Å². The van der Waals surface area contributed by atoms with E-state index >= 15 is 0 Å². The Kier molecular flexibility index (Phi) is 7.23. The van der Waals surface area contributed by atoms with Crippen molar-refractivity contribution in [2.24, 2.45) is 0 Å².